The van der Waals surface area contributed by atoms with Gasteiger partial charge in [-0.1, -0.05) is 23.0 Å². The highest BCUT2D eigenvalue weighted by Crippen LogP contribution is 2.26. The maximum absolute atomic E-state index is 12.2. The number of oxime groups is 1. The third kappa shape index (κ3) is 5.99. The van der Waals surface area contributed by atoms with Crippen LogP contribution in [0.5, 0.6) is 0 Å². The van der Waals surface area contributed by atoms with Crippen LogP contribution in [0, 0.1) is 0 Å². The van der Waals surface area contributed by atoms with Crippen molar-refractivity contribution >= 4 is 40.4 Å². The van der Waals surface area contributed by atoms with Gasteiger partial charge in [0, 0.05) is 10.6 Å². The first kappa shape index (κ1) is 17.4. The van der Waals surface area contributed by atoms with Crippen molar-refractivity contribution in [3.63, 3.8) is 0 Å². The number of anilines is 1. The zero-order valence-corrected chi connectivity index (χ0v) is 13.8. The molecular weight excluding hydrogens is 342 g/mol. The molecule has 0 radical (unpaired) electrons. The number of carbonyl (C=O) groups excluding carboxylic acids is 1. The first-order valence-corrected chi connectivity index (χ1v) is 8.35. The van der Waals surface area contributed by atoms with E-state index in [1.54, 1.807) is 19.1 Å². The number of thiophene rings is 1. The molecule has 0 bridgehead atoms. The van der Waals surface area contributed by atoms with Crippen LogP contribution in [-0.2, 0) is 9.63 Å². The van der Waals surface area contributed by atoms with Gasteiger partial charge in [0.1, 0.15) is 0 Å². The minimum Gasteiger partial charge on any atom is -0.385 e. The number of hydrogen-bond donors (Lipinski definition) is 1. The highest BCUT2D eigenvalue weighted by atomic mass is 32.2. The van der Waals surface area contributed by atoms with Crippen molar-refractivity contribution in [1.82, 2.24) is 0 Å². The highest BCUT2D eigenvalue weighted by Gasteiger charge is 2.07. The molecule has 0 aliphatic rings. The Bertz CT molecular complexity index is 659. The number of hydrogen-bond acceptors (Lipinski definition) is 5. The molecule has 0 fully saturated rings. The molecule has 1 aromatic carbocycles. The van der Waals surface area contributed by atoms with Gasteiger partial charge in [-0.25, -0.2) is 0 Å². The number of carbonyl (C=O) groups is 1. The van der Waals surface area contributed by atoms with Crippen LogP contribution >= 0.6 is 23.1 Å². The van der Waals surface area contributed by atoms with E-state index in [0.29, 0.717) is 28.1 Å². The van der Waals surface area contributed by atoms with Crippen LogP contribution in [0.1, 0.15) is 11.8 Å². The van der Waals surface area contributed by atoms with E-state index < -0.39 is 5.76 Å². The second-order valence-corrected chi connectivity index (χ2v) is 6.39. The number of nitrogens with zero attached hydrogens (tertiary/aromatic N) is 1. The Morgan fingerprint density at radius 1 is 1.35 bits per heavy atom. The summed E-state index contributed by atoms with van der Waals surface area (Å²) in [4.78, 5) is 18.1. The smallest absolute Gasteiger partial charge is 0.288 e. The lowest BCUT2D eigenvalue weighted by molar-refractivity contribution is -0.120. The molecule has 1 aromatic heterocycles. The normalized spacial score (nSPS) is 11.6. The van der Waals surface area contributed by atoms with E-state index in [2.05, 4.69) is 10.5 Å². The van der Waals surface area contributed by atoms with E-state index in [1.165, 1.54) is 23.5 Å². The summed E-state index contributed by atoms with van der Waals surface area (Å²) in [5, 5.41) is 8.41. The SMILES string of the molecule is C/C(=N/OCC(=O)Nc1ccc(SC(F)F)cc1)c1cccs1. The zero-order chi connectivity index (χ0) is 16.7. The first-order valence-electron chi connectivity index (χ1n) is 6.60. The third-order valence-corrected chi connectivity index (χ3v) is 4.34. The molecule has 1 N–H and O–H groups in total. The van der Waals surface area contributed by atoms with E-state index in [9.17, 15) is 13.6 Å². The van der Waals surface area contributed by atoms with E-state index in [-0.39, 0.29) is 12.5 Å². The molecule has 2 aromatic rings. The maximum atomic E-state index is 12.2. The summed E-state index contributed by atoms with van der Waals surface area (Å²) in [5.41, 5.74) is 1.21. The number of halogens is 2. The number of thioether (sulfide) groups is 1. The van der Waals surface area contributed by atoms with Gasteiger partial charge in [-0.05, 0) is 42.6 Å². The van der Waals surface area contributed by atoms with Crippen LogP contribution in [-0.4, -0.2) is 24.0 Å². The average Bonchev–Trinajstić information content (AvgIpc) is 3.03. The third-order valence-electron chi connectivity index (χ3n) is 2.64. The maximum Gasteiger partial charge on any atom is 0.288 e. The van der Waals surface area contributed by atoms with Crippen LogP contribution in [0.2, 0.25) is 0 Å². The fourth-order valence-electron chi connectivity index (χ4n) is 1.63. The number of rotatable bonds is 7. The van der Waals surface area contributed by atoms with Gasteiger partial charge in [-0.3, -0.25) is 4.79 Å². The predicted molar refractivity (Wildman–Crippen MR) is 89.4 cm³/mol. The van der Waals surface area contributed by atoms with E-state index in [0.717, 1.165) is 4.88 Å². The van der Waals surface area contributed by atoms with E-state index >= 15 is 0 Å². The van der Waals surface area contributed by atoms with Gasteiger partial charge >= 0.3 is 0 Å². The Balaban J connectivity index is 1.79. The Morgan fingerprint density at radius 2 is 2.09 bits per heavy atom. The molecule has 0 saturated carbocycles. The molecule has 1 amide bonds. The number of amides is 1. The van der Waals surface area contributed by atoms with Crippen LogP contribution in [0.15, 0.2) is 51.8 Å². The summed E-state index contributed by atoms with van der Waals surface area (Å²) >= 11 is 1.99. The van der Waals surface area contributed by atoms with Gasteiger partial charge in [-0.2, -0.15) is 8.78 Å². The topological polar surface area (TPSA) is 50.7 Å². The van der Waals surface area contributed by atoms with Gasteiger partial charge < -0.3 is 10.2 Å². The molecule has 23 heavy (non-hydrogen) atoms. The summed E-state index contributed by atoms with van der Waals surface area (Å²) in [5.74, 6) is -2.84. The van der Waals surface area contributed by atoms with E-state index in [1.807, 2.05) is 17.5 Å². The van der Waals surface area contributed by atoms with Crippen molar-refractivity contribution < 1.29 is 18.4 Å². The Hall–Kier alpha value is -1.93. The van der Waals surface area contributed by atoms with Gasteiger partial charge in [0.2, 0.25) is 0 Å². The van der Waals surface area contributed by atoms with Crippen LogP contribution < -0.4 is 5.32 Å². The van der Waals surface area contributed by atoms with Gasteiger partial charge in [0.25, 0.3) is 11.7 Å². The minimum atomic E-state index is -2.46. The fourth-order valence-corrected chi connectivity index (χ4v) is 2.80. The largest absolute Gasteiger partial charge is 0.385 e. The molecule has 0 atom stereocenters. The summed E-state index contributed by atoms with van der Waals surface area (Å²) in [6.45, 7) is 1.57. The molecule has 0 saturated heterocycles. The molecule has 1 heterocycles. The lowest BCUT2D eigenvalue weighted by Crippen LogP contribution is -2.17. The molecule has 2 rings (SSSR count). The number of benzene rings is 1. The molecule has 8 heteroatoms. The Labute approximate surface area is 140 Å². The van der Waals surface area contributed by atoms with Gasteiger partial charge in [0.15, 0.2) is 6.61 Å². The average molecular weight is 356 g/mol. The van der Waals surface area contributed by atoms with Crippen molar-refractivity contribution in [2.45, 2.75) is 17.6 Å². The zero-order valence-electron chi connectivity index (χ0n) is 12.2. The summed E-state index contributed by atoms with van der Waals surface area (Å²) in [7, 11) is 0. The molecule has 122 valence electrons. The molecule has 4 nitrogen and oxygen atoms in total. The highest BCUT2D eigenvalue weighted by molar-refractivity contribution is 7.99. The van der Waals surface area contributed by atoms with Crippen molar-refractivity contribution in [1.29, 1.82) is 0 Å². The summed E-state index contributed by atoms with van der Waals surface area (Å²) in [6.07, 6.45) is 0. The molecule has 0 aliphatic carbocycles. The standard InChI is InChI=1S/C15H14F2N2O2S2/c1-10(13-3-2-8-22-13)19-21-9-14(20)18-11-4-6-12(7-5-11)23-15(16)17/h2-8,15H,9H2,1H3,(H,18,20)/b19-10-. The second-order valence-electron chi connectivity index (χ2n) is 4.38. The minimum absolute atomic E-state index is 0.226. The lowest BCUT2D eigenvalue weighted by Gasteiger charge is -2.06. The lowest BCUT2D eigenvalue weighted by atomic mass is 10.3. The van der Waals surface area contributed by atoms with Gasteiger partial charge in [0.05, 0.1) is 10.6 Å². The van der Waals surface area contributed by atoms with Crippen molar-refractivity contribution in [2.24, 2.45) is 5.16 Å². The summed E-state index contributed by atoms with van der Waals surface area (Å²) < 4.78 is 24.4. The predicted octanol–water partition coefficient (Wildman–Crippen LogP) is 4.44. The fraction of sp³-hybridized carbons (Fsp3) is 0.200. The Kier molecular flexibility index (Phi) is 6.54. The quantitative estimate of drug-likeness (QED) is 0.453. The van der Waals surface area contributed by atoms with Crippen molar-refractivity contribution in [3.8, 4) is 0 Å². The van der Waals surface area contributed by atoms with E-state index in [4.69, 9.17) is 4.84 Å². The van der Waals surface area contributed by atoms with Crippen LogP contribution in [0.3, 0.4) is 0 Å². The second kappa shape index (κ2) is 8.64. The monoisotopic (exact) mass is 356 g/mol. The number of nitrogens with one attached hydrogen (secondary N) is 1. The van der Waals surface area contributed by atoms with Crippen LogP contribution in [0.4, 0.5) is 14.5 Å². The van der Waals surface area contributed by atoms with Crippen molar-refractivity contribution in [3.05, 3.63) is 46.7 Å². The van der Waals surface area contributed by atoms with Gasteiger partial charge in [-0.15, -0.1) is 11.3 Å². The van der Waals surface area contributed by atoms with Crippen LogP contribution in [0.25, 0.3) is 0 Å². The Morgan fingerprint density at radius 3 is 2.70 bits per heavy atom. The first-order chi connectivity index (χ1) is 11.0. The molecular formula is C15H14F2N2O2S2. The molecule has 0 aliphatic heterocycles. The molecule has 0 unspecified atom stereocenters. The summed E-state index contributed by atoms with van der Waals surface area (Å²) in [6, 6.07) is 9.97. The molecule has 0 spiro atoms. The number of alkyl halides is 2. The van der Waals surface area contributed by atoms with Crippen molar-refractivity contribution in [2.75, 3.05) is 11.9 Å².